The monoisotopic (exact) mass is 301 g/mol. The summed E-state index contributed by atoms with van der Waals surface area (Å²) in [7, 11) is -3.58. The number of thioether (sulfide) groups is 1. The predicted molar refractivity (Wildman–Crippen MR) is 78.5 cm³/mol. The van der Waals surface area contributed by atoms with E-state index < -0.39 is 10.0 Å². The lowest BCUT2D eigenvalue weighted by atomic mass is 9.96. The van der Waals surface area contributed by atoms with E-state index in [2.05, 4.69) is 9.71 Å². The highest BCUT2D eigenvalue weighted by atomic mass is 32.2. The second-order valence-electron chi connectivity index (χ2n) is 4.70. The molecular weight excluding hydrogens is 282 g/mol. The number of nitrogens with zero attached hydrogens (tertiary/aromatic N) is 1. The van der Waals surface area contributed by atoms with Crippen LogP contribution in [0.5, 0.6) is 0 Å². The van der Waals surface area contributed by atoms with Gasteiger partial charge in [0.15, 0.2) is 0 Å². The quantitative estimate of drug-likeness (QED) is 0.882. The van der Waals surface area contributed by atoms with Gasteiger partial charge in [-0.25, -0.2) is 13.1 Å². The Balaban J connectivity index is 2.19. The van der Waals surface area contributed by atoms with Crippen molar-refractivity contribution in [3.8, 4) is 0 Å². The number of pyridine rings is 1. The third-order valence-electron chi connectivity index (χ3n) is 3.42. The maximum absolute atomic E-state index is 12.3. The number of nitrogen functional groups attached to an aromatic ring is 1. The summed E-state index contributed by atoms with van der Waals surface area (Å²) in [4.78, 5) is 3.91. The summed E-state index contributed by atoms with van der Waals surface area (Å²) in [6.07, 6.45) is 8.97. The van der Waals surface area contributed by atoms with Crippen LogP contribution in [0, 0.1) is 0 Å². The first-order valence-electron chi connectivity index (χ1n) is 6.29. The van der Waals surface area contributed by atoms with Gasteiger partial charge < -0.3 is 5.73 Å². The molecule has 0 spiro atoms. The molecular formula is C12H19N3O2S2. The first-order chi connectivity index (χ1) is 9.04. The Morgan fingerprint density at radius 1 is 1.42 bits per heavy atom. The van der Waals surface area contributed by atoms with Crippen LogP contribution >= 0.6 is 11.8 Å². The average molecular weight is 301 g/mol. The van der Waals surface area contributed by atoms with Gasteiger partial charge in [0.2, 0.25) is 10.0 Å². The molecule has 2 unspecified atom stereocenters. The minimum absolute atomic E-state index is 0.0200. The predicted octanol–water partition coefficient (Wildman–Crippen LogP) is 1.62. The lowest BCUT2D eigenvalue weighted by Crippen LogP contribution is -2.43. The van der Waals surface area contributed by atoms with Crippen molar-refractivity contribution < 1.29 is 8.42 Å². The SMILES string of the molecule is CSC1CCCCC1NS(=O)(=O)c1cnccc1N. The molecule has 0 aliphatic heterocycles. The lowest BCUT2D eigenvalue weighted by molar-refractivity contribution is 0.423. The summed E-state index contributed by atoms with van der Waals surface area (Å²) in [5.41, 5.74) is 5.95. The summed E-state index contributed by atoms with van der Waals surface area (Å²) in [6, 6.07) is 1.48. The van der Waals surface area contributed by atoms with E-state index in [-0.39, 0.29) is 16.6 Å². The fourth-order valence-electron chi connectivity index (χ4n) is 2.39. The highest BCUT2D eigenvalue weighted by Crippen LogP contribution is 2.28. The number of nitrogens with two attached hydrogens (primary N) is 1. The van der Waals surface area contributed by atoms with Gasteiger partial charge in [-0.1, -0.05) is 12.8 Å². The second-order valence-corrected chi connectivity index (χ2v) is 7.46. The van der Waals surface area contributed by atoms with Crippen LogP contribution < -0.4 is 10.5 Å². The highest BCUT2D eigenvalue weighted by Gasteiger charge is 2.29. The van der Waals surface area contributed by atoms with Crippen molar-refractivity contribution in [2.24, 2.45) is 0 Å². The van der Waals surface area contributed by atoms with Crippen LogP contribution in [0.4, 0.5) is 5.69 Å². The Morgan fingerprint density at radius 3 is 2.84 bits per heavy atom. The van der Waals surface area contributed by atoms with E-state index >= 15 is 0 Å². The Bertz CT molecular complexity index is 534. The van der Waals surface area contributed by atoms with E-state index in [4.69, 9.17) is 5.73 Å². The van der Waals surface area contributed by atoms with Crippen LogP contribution in [0.15, 0.2) is 23.4 Å². The van der Waals surface area contributed by atoms with E-state index in [9.17, 15) is 8.42 Å². The molecule has 0 saturated heterocycles. The molecule has 0 aromatic carbocycles. The average Bonchev–Trinajstić information content (AvgIpc) is 2.39. The molecule has 1 saturated carbocycles. The number of sulfonamides is 1. The molecule has 1 aromatic rings. The van der Waals surface area contributed by atoms with Crippen molar-refractivity contribution in [2.75, 3.05) is 12.0 Å². The van der Waals surface area contributed by atoms with Crippen molar-refractivity contribution in [2.45, 2.75) is 41.9 Å². The van der Waals surface area contributed by atoms with Crippen LogP contribution in [0.3, 0.4) is 0 Å². The van der Waals surface area contributed by atoms with Gasteiger partial charge in [-0.3, -0.25) is 4.98 Å². The van der Waals surface area contributed by atoms with Crippen LogP contribution in [0.25, 0.3) is 0 Å². The fourth-order valence-corrected chi connectivity index (χ4v) is 4.80. The lowest BCUT2D eigenvalue weighted by Gasteiger charge is -2.30. The third-order valence-corrected chi connectivity index (χ3v) is 6.12. The number of hydrogen-bond donors (Lipinski definition) is 2. The molecule has 2 atom stereocenters. The molecule has 2 rings (SSSR count). The molecule has 3 N–H and O–H groups in total. The molecule has 7 heteroatoms. The van der Waals surface area contributed by atoms with Crippen molar-refractivity contribution >= 4 is 27.5 Å². The Labute approximate surface area is 118 Å². The zero-order valence-electron chi connectivity index (χ0n) is 10.9. The van der Waals surface area contributed by atoms with Gasteiger partial charge in [0.25, 0.3) is 0 Å². The molecule has 1 aliphatic rings. The van der Waals surface area contributed by atoms with E-state index in [1.165, 1.54) is 24.9 Å². The third kappa shape index (κ3) is 3.40. The van der Waals surface area contributed by atoms with E-state index in [1.807, 2.05) is 6.26 Å². The molecule has 5 nitrogen and oxygen atoms in total. The number of hydrogen-bond acceptors (Lipinski definition) is 5. The molecule has 0 radical (unpaired) electrons. The van der Waals surface area contributed by atoms with Gasteiger partial charge in [0.05, 0.1) is 5.69 Å². The van der Waals surface area contributed by atoms with Crippen molar-refractivity contribution in [1.82, 2.24) is 9.71 Å². The molecule has 1 fully saturated rings. The molecule has 19 heavy (non-hydrogen) atoms. The van der Waals surface area contributed by atoms with E-state index in [0.29, 0.717) is 5.25 Å². The maximum atomic E-state index is 12.3. The topological polar surface area (TPSA) is 85.1 Å². The van der Waals surface area contributed by atoms with Crippen molar-refractivity contribution in [3.05, 3.63) is 18.5 Å². The van der Waals surface area contributed by atoms with Gasteiger partial charge >= 0.3 is 0 Å². The van der Waals surface area contributed by atoms with Gasteiger partial charge in [0, 0.05) is 23.7 Å². The van der Waals surface area contributed by atoms with Crippen molar-refractivity contribution in [1.29, 1.82) is 0 Å². The van der Waals surface area contributed by atoms with Gasteiger partial charge in [0.1, 0.15) is 4.90 Å². The normalized spacial score (nSPS) is 24.3. The summed E-state index contributed by atoms with van der Waals surface area (Å²) in [5.74, 6) is 0. The summed E-state index contributed by atoms with van der Waals surface area (Å²) in [5, 5.41) is 0.335. The molecule has 106 valence electrons. The maximum Gasteiger partial charge on any atom is 0.244 e. The standard InChI is InChI=1S/C12H19N3O2S2/c1-18-11-5-3-2-4-10(11)15-19(16,17)12-8-14-7-6-9(12)13/h6-8,10-11,15H,2-5H2,1H3,(H2,13,14). The fraction of sp³-hybridized carbons (Fsp3) is 0.583. The summed E-state index contributed by atoms with van der Waals surface area (Å²) < 4.78 is 27.5. The summed E-state index contributed by atoms with van der Waals surface area (Å²) >= 11 is 1.72. The Kier molecular flexibility index (Phi) is 4.70. The van der Waals surface area contributed by atoms with Gasteiger partial charge in [-0.15, -0.1) is 0 Å². The largest absolute Gasteiger partial charge is 0.398 e. The first kappa shape index (κ1) is 14.6. The smallest absolute Gasteiger partial charge is 0.244 e. The van der Waals surface area contributed by atoms with Crippen molar-refractivity contribution in [3.63, 3.8) is 0 Å². The Morgan fingerprint density at radius 2 is 2.16 bits per heavy atom. The molecule has 1 aliphatic carbocycles. The number of anilines is 1. The Hall–Kier alpha value is -0.790. The first-order valence-corrected chi connectivity index (χ1v) is 9.06. The molecule has 1 aromatic heterocycles. The minimum atomic E-state index is -3.58. The molecule has 0 bridgehead atoms. The zero-order valence-corrected chi connectivity index (χ0v) is 12.5. The number of rotatable bonds is 4. The summed E-state index contributed by atoms with van der Waals surface area (Å²) in [6.45, 7) is 0. The minimum Gasteiger partial charge on any atom is -0.398 e. The van der Waals surface area contributed by atoms with Crippen LogP contribution in [-0.4, -0.2) is 30.9 Å². The molecule has 1 heterocycles. The number of nitrogens with one attached hydrogen (secondary N) is 1. The highest BCUT2D eigenvalue weighted by molar-refractivity contribution is 7.99. The van der Waals surface area contributed by atoms with Gasteiger partial charge in [-0.05, 0) is 25.2 Å². The van der Waals surface area contributed by atoms with Crippen LogP contribution in [0.1, 0.15) is 25.7 Å². The zero-order chi connectivity index (χ0) is 13.9. The van der Waals surface area contributed by atoms with Crippen LogP contribution in [-0.2, 0) is 10.0 Å². The van der Waals surface area contributed by atoms with Crippen LogP contribution in [0.2, 0.25) is 0 Å². The van der Waals surface area contributed by atoms with Gasteiger partial charge in [-0.2, -0.15) is 11.8 Å². The number of aromatic nitrogens is 1. The van der Waals surface area contributed by atoms with E-state index in [0.717, 1.165) is 19.3 Å². The van der Waals surface area contributed by atoms with E-state index in [1.54, 1.807) is 11.8 Å². The molecule has 0 amide bonds. The second kappa shape index (κ2) is 6.11.